The van der Waals surface area contributed by atoms with Crippen molar-refractivity contribution in [2.24, 2.45) is 0 Å². The molecule has 0 aromatic carbocycles. The molecule has 9 heteroatoms. The van der Waals surface area contributed by atoms with Crippen molar-refractivity contribution in [3.8, 4) is 0 Å². The van der Waals surface area contributed by atoms with E-state index in [9.17, 15) is 22.8 Å². The van der Waals surface area contributed by atoms with Crippen LogP contribution in [-0.4, -0.2) is 47.0 Å². The lowest BCUT2D eigenvalue weighted by Gasteiger charge is -2.24. The first-order valence-electron chi connectivity index (χ1n) is 7.37. The Kier molecular flexibility index (Phi) is 5.61. The number of amides is 2. The minimum absolute atomic E-state index is 0.0690. The average Bonchev–Trinajstić information content (AvgIpc) is 3.12. The quantitative estimate of drug-likeness (QED) is 0.883. The Morgan fingerprint density at radius 3 is 2.83 bits per heavy atom. The monoisotopic (exact) mass is 349 g/mol. The van der Waals surface area contributed by atoms with Crippen molar-refractivity contribution in [1.29, 1.82) is 0 Å². The molecule has 0 radical (unpaired) electrons. The summed E-state index contributed by atoms with van der Waals surface area (Å²) in [7, 11) is 0. The summed E-state index contributed by atoms with van der Waals surface area (Å²) in [6, 6.07) is -0.825. The van der Waals surface area contributed by atoms with E-state index in [1.807, 2.05) is 12.2 Å². The predicted molar refractivity (Wildman–Crippen MR) is 79.0 cm³/mol. The van der Waals surface area contributed by atoms with Gasteiger partial charge in [-0.3, -0.25) is 9.59 Å². The fourth-order valence-corrected chi connectivity index (χ4v) is 3.24. The molecule has 1 saturated heterocycles. The molecule has 1 fully saturated rings. The molecule has 2 amide bonds. The molecule has 2 rings (SSSR count). The lowest BCUT2D eigenvalue weighted by Crippen LogP contribution is -2.48. The van der Waals surface area contributed by atoms with Crippen molar-refractivity contribution in [1.82, 2.24) is 15.2 Å². The van der Waals surface area contributed by atoms with E-state index in [-0.39, 0.29) is 12.3 Å². The van der Waals surface area contributed by atoms with E-state index in [0.29, 0.717) is 25.1 Å². The maximum absolute atomic E-state index is 12.3. The number of aryl methyl sites for hydroxylation is 1. The second kappa shape index (κ2) is 7.29. The van der Waals surface area contributed by atoms with Gasteiger partial charge in [0.2, 0.25) is 11.8 Å². The Labute approximate surface area is 135 Å². The molecule has 1 aromatic heterocycles. The van der Waals surface area contributed by atoms with Crippen LogP contribution < -0.4 is 5.32 Å². The molecule has 128 valence electrons. The fourth-order valence-electron chi connectivity index (χ4n) is 2.49. The first-order valence-corrected chi connectivity index (χ1v) is 8.25. The highest BCUT2D eigenvalue weighted by Crippen LogP contribution is 2.20. The number of alkyl halides is 3. The maximum Gasteiger partial charge on any atom is 0.405 e. The van der Waals surface area contributed by atoms with Crippen molar-refractivity contribution < 1.29 is 22.8 Å². The standard InChI is InChI=1S/C14H18F3N3O2S/c1-2-11-19-9(7-23-11)6-12(21)20-5-3-4-10(20)13(22)18-8-14(15,16)17/h7,10H,2-6,8H2,1H3,(H,18,22). The summed E-state index contributed by atoms with van der Waals surface area (Å²) < 4.78 is 36.5. The third-order valence-corrected chi connectivity index (χ3v) is 4.61. The Morgan fingerprint density at radius 2 is 2.22 bits per heavy atom. The SMILES string of the molecule is CCc1nc(CC(=O)N2CCCC2C(=O)NCC(F)(F)F)cs1. The summed E-state index contributed by atoms with van der Waals surface area (Å²) in [5, 5.41) is 4.58. The molecule has 1 aromatic rings. The molecule has 1 atom stereocenters. The van der Waals surface area contributed by atoms with Crippen LogP contribution in [0.5, 0.6) is 0 Å². The van der Waals surface area contributed by atoms with Gasteiger partial charge in [-0.25, -0.2) is 4.98 Å². The van der Waals surface area contributed by atoms with Crippen LogP contribution in [0, 0.1) is 0 Å². The fraction of sp³-hybridized carbons (Fsp3) is 0.643. The molecule has 1 aliphatic rings. The van der Waals surface area contributed by atoms with Gasteiger partial charge in [0.25, 0.3) is 0 Å². The van der Waals surface area contributed by atoms with Crippen LogP contribution in [0.4, 0.5) is 13.2 Å². The molecule has 1 N–H and O–H groups in total. The van der Waals surface area contributed by atoms with Crippen molar-refractivity contribution in [3.63, 3.8) is 0 Å². The zero-order valence-corrected chi connectivity index (χ0v) is 13.5. The van der Waals surface area contributed by atoms with E-state index in [1.54, 1.807) is 5.38 Å². The molecule has 0 bridgehead atoms. The van der Waals surface area contributed by atoms with Crippen molar-refractivity contribution in [2.45, 2.75) is 44.8 Å². The Balaban J connectivity index is 1.94. The lowest BCUT2D eigenvalue weighted by atomic mass is 10.2. The van der Waals surface area contributed by atoms with E-state index in [1.165, 1.54) is 16.2 Å². The molecular weight excluding hydrogens is 331 g/mol. The second-order valence-corrected chi connectivity index (χ2v) is 6.28. The number of rotatable bonds is 5. The molecule has 0 saturated carbocycles. The van der Waals surface area contributed by atoms with Crippen LogP contribution in [0.2, 0.25) is 0 Å². The average molecular weight is 349 g/mol. The van der Waals surface area contributed by atoms with Crippen LogP contribution >= 0.6 is 11.3 Å². The van der Waals surface area contributed by atoms with Crippen LogP contribution in [0.15, 0.2) is 5.38 Å². The van der Waals surface area contributed by atoms with Crippen molar-refractivity contribution >= 4 is 23.2 Å². The van der Waals surface area contributed by atoms with Gasteiger partial charge in [0, 0.05) is 11.9 Å². The summed E-state index contributed by atoms with van der Waals surface area (Å²) in [4.78, 5) is 29.9. The summed E-state index contributed by atoms with van der Waals surface area (Å²) in [6.07, 6.45) is -2.62. The summed E-state index contributed by atoms with van der Waals surface area (Å²) in [5.74, 6) is -1.02. The van der Waals surface area contributed by atoms with Gasteiger partial charge in [0.05, 0.1) is 17.1 Å². The Bertz CT molecular complexity index is 574. The highest BCUT2D eigenvalue weighted by molar-refractivity contribution is 7.09. The molecular formula is C14H18F3N3O2S. The number of thiazole rings is 1. The highest BCUT2D eigenvalue weighted by atomic mass is 32.1. The number of halogens is 3. The molecule has 1 aliphatic heterocycles. The number of aromatic nitrogens is 1. The Hall–Kier alpha value is -1.64. The van der Waals surface area contributed by atoms with E-state index >= 15 is 0 Å². The summed E-state index contributed by atoms with van der Waals surface area (Å²) >= 11 is 1.47. The van der Waals surface area contributed by atoms with Crippen LogP contribution in [0.25, 0.3) is 0 Å². The summed E-state index contributed by atoms with van der Waals surface area (Å²) in [5.41, 5.74) is 0.637. The van der Waals surface area contributed by atoms with Crippen LogP contribution in [0.1, 0.15) is 30.5 Å². The molecule has 5 nitrogen and oxygen atoms in total. The van der Waals surface area contributed by atoms with Gasteiger partial charge < -0.3 is 10.2 Å². The molecule has 0 aliphatic carbocycles. The first kappa shape index (κ1) is 17.7. The Morgan fingerprint density at radius 1 is 1.48 bits per heavy atom. The minimum Gasteiger partial charge on any atom is -0.345 e. The number of hydrogen-bond acceptors (Lipinski definition) is 4. The number of nitrogens with zero attached hydrogens (tertiary/aromatic N) is 2. The second-order valence-electron chi connectivity index (χ2n) is 5.34. The molecule has 2 heterocycles. The van der Waals surface area contributed by atoms with Crippen molar-refractivity contribution in [3.05, 3.63) is 16.1 Å². The lowest BCUT2D eigenvalue weighted by molar-refractivity contribution is -0.144. The van der Waals surface area contributed by atoms with Crippen LogP contribution in [-0.2, 0) is 22.4 Å². The largest absolute Gasteiger partial charge is 0.405 e. The van der Waals surface area contributed by atoms with Crippen molar-refractivity contribution in [2.75, 3.05) is 13.1 Å². The third-order valence-electron chi connectivity index (χ3n) is 3.57. The highest BCUT2D eigenvalue weighted by Gasteiger charge is 2.36. The summed E-state index contributed by atoms with van der Waals surface area (Å²) in [6.45, 7) is 0.968. The number of carbonyl (C=O) groups is 2. The normalized spacial score (nSPS) is 18.3. The number of likely N-dealkylation sites (tertiary alicyclic amines) is 1. The van der Waals surface area contributed by atoms with Crippen LogP contribution in [0.3, 0.4) is 0 Å². The van der Waals surface area contributed by atoms with E-state index in [0.717, 1.165) is 11.4 Å². The van der Waals surface area contributed by atoms with Gasteiger partial charge in [-0.1, -0.05) is 6.92 Å². The minimum atomic E-state index is -4.46. The van der Waals surface area contributed by atoms with Gasteiger partial charge >= 0.3 is 6.18 Å². The number of carbonyl (C=O) groups excluding carboxylic acids is 2. The smallest absolute Gasteiger partial charge is 0.345 e. The van der Waals surface area contributed by atoms with Gasteiger partial charge in [-0.05, 0) is 19.3 Å². The first-order chi connectivity index (χ1) is 10.8. The van der Waals surface area contributed by atoms with Gasteiger partial charge in [0.15, 0.2) is 0 Å². The number of hydrogen-bond donors (Lipinski definition) is 1. The maximum atomic E-state index is 12.3. The zero-order chi connectivity index (χ0) is 17.0. The van der Waals surface area contributed by atoms with E-state index in [4.69, 9.17) is 0 Å². The molecule has 0 spiro atoms. The van der Waals surface area contributed by atoms with E-state index in [2.05, 4.69) is 4.98 Å². The number of nitrogens with one attached hydrogen (secondary N) is 1. The topological polar surface area (TPSA) is 62.3 Å². The zero-order valence-electron chi connectivity index (χ0n) is 12.7. The third kappa shape index (κ3) is 4.92. The van der Waals surface area contributed by atoms with Gasteiger partial charge in [-0.2, -0.15) is 13.2 Å². The van der Waals surface area contributed by atoms with Gasteiger partial charge in [0.1, 0.15) is 12.6 Å². The molecule has 1 unspecified atom stereocenters. The van der Waals surface area contributed by atoms with Gasteiger partial charge in [-0.15, -0.1) is 11.3 Å². The predicted octanol–water partition coefficient (Wildman–Crippen LogP) is 1.92. The molecule has 23 heavy (non-hydrogen) atoms. The van der Waals surface area contributed by atoms with E-state index < -0.39 is 24.7 Å².